The van der Waals surface area contributed by atoms with E-state index >= 15 is 0 Å². The maximum absolute atomic E-state index is 12.2. The van der Waals surface area contributed by atoms with Crippen molar-refractivity contribution < 1.29 is 13.3 Å². The van der Waals surface area contributed by atoms with Crippen molar-refractivity contribution in [2.45, 2.75) is 4.90 Å². The molecule has 0 aliphatic heterocycles. The van der Waals surface area contributed by atoms with Crippen LogP contribution < -0.4 is 10.0 Å². The Kier molecular flexibility index (Phi) is 6.00. The summed E-state index contributed by atoms with van der Waals surface area (Å²) in [6, 6.07) is 10.4. The molecule has 2 rings (SSSR count). The van der Waals surface area contributed by atoms with Crippen molar-refractivity contribution in [2.75, 3.05) is 18.4 Å². The van der Waals surface area contributed by atoms with Gasteiger partial charge in [-0.2, -0.15) is 0 Å². The number of nitrogens with zero attached hydrogens (tertiary/aromatic N) is 1. The Morgan fingerprint density at radius 3 is 2.46 bits per heavy atom. The Bertz CT molecular complexity index is 859. The maximum atomic E-state index is 12.2. The van der Waals surface area contributed by atoms with Crippen molar-refractivity contribution in [1.82, 2.24) is 4.72 Å². The number of nitro groups is 1. The molecule has 0 bridgehead atoms. The molecule has 2 aromatic rings. The third kappa shape index (κ3) is 4.35. The second kappa shape index (κ2) is 7.80. The third-order valence-corrected chi connectivity index (χ3v) is 5.47. The summed E-state index contributed by atoms with van der Waals surface area (Å²) in [5.41, 5.74) is 0.223. The van der Waals surface area contributed by atoms with E-state index in [1.54, 1.807) is 18.2 Å². The number of hydrogen-bond acceptors (Lipinski definition) is 5. The molecular weight excluding hydrogens is 377 g/mol. The van der Waals surface area contributed by atoms with E-state index in [9.17, 15) is 18.5 Å². The number of sulfonamides is 1. The molecule has 0 aromatic heterocycles. The fourth-order valence-corrected chi connectivity index (χ4v) is 3.73. The van der Waals surface area contributed by atoms with Gasteiger partial charge in [0.1, 0.15) is 10.6 Å². The molecule has 0 unspecified atom stereocenters. The smallest absolute Gasteiger partial charge is 0.292 e. The maximum Gasteiger partial charge on any atom is 0.292 e. The zero-order valence-corrected chi connectivity index (χ0v) is 14.5. The first kappa shape index (κ1) is 18.5. The number of rotatable bonds is 7. The standard InChI is InChI=1S/C14H13Cl2N3O4S/c15-10-4-3-7-13(14(10)16)24(22,23)18-9-8-17-11-5-1-2-6-12(11)19(20)21/h1-7,17-18H,8-9H2. The van der Waals surface area contributed by atoms with Gasteiger partial charge in [-0.1, -0.05) is 41.4 Å². The van der Waals surface area contributed by atoms with E-state index in [0.717, 1.165) is 0 Å². The number of para-hydroxylation sites is 2. The highest BCUT2D eigenvalue weighted by Gasteiger charge is 2.19. The van der Waals surface area contributed by atoms with E-state index in [4.69, 9.17) is 23.2 Å². The van der Waals surface area contributed by atoms with Crippen LogP contribution in [0.2, 0.25) is 10.0 Å². The average Bonchev–Trinajstić information content (AvgIpc) is 2.54. The number of anilines is 1. The van der Waals surface area contributed by atoms with Crippen LogP contribution in [0, 0.1) is 10.1 Å². The number of benzene rings is 2. The number of nitro benzene ring substituents is 1. The number of nitrogens with one attached hydrogen (secondary N) is 2. The zero-order chi connectivity index (χ0) is 17.7. The van der Waals surface area contributed by atoms with Crippen LogP contribution in [0.3, 0.4) is 0 Å². The van der Waals surface area contributed by atoms with Crippen LogP contribution in [0.4, 0.5) is 11.4 Å². The molecule has 0 aliphatic carbocycles. The van der Waals surface area contributed by atoms with Crippen LogP contribution in [0.25, 0.3) is 0 Å². The van der Waals surface area contributed by atoms with E-state index in [0.29, 0.717) is 5.69 Å². The topological polar surface area (TPSA) is 101 Å². The fourth-order valence-electron chi connectivity index (χ4n) is 1.93. The van der Waals surface area contributed by atoms with Crippen LogP contribution in [0.5, 0.6) is 0 Å². The lowest BCUT2D eigenvalue weighted by Crippen LogP contribution is -2.29. The van der Waals surface area contributed by atoms with Gasteiger partial charge in [0.25, 0.3) is 5.69 Å². The minimum Gasteiger partial charge on any atom is -0.378 e. The summed E-state index contributed by atoms with van der Waals surface area (Å²) in [7, 11) is -3.83. The van der Waals surface area contributed by atoms with Gasteiger partial charge in [-0.05, 0) is 18.2 Å². The average molecular weight is 390 g/mol. The number of halogens is 2. The van der Waals surface area contributed by atoms with Crippen LogP contribution in [0.1, 0.15) is 0 Å². The Morgan fingerprint density at radius 2 is 1.75 bits per heavy atom. The van der Waals surface area contributed by atoms with E-state index in [1.165, 1.54) is 24.3 Å². The summed E-state index contributed by atoms with van der Waals surface area (Å²) in [6.07, 6.45) is 0. The lowest BCUT2D eigenvalue weighted by Gasteiger charge is -2.10. The molecule has 2 aromatic carbocycles. The lowest BCUT2D eigenvalue weighted by atomic mass is 10.2. The van der Waals surface area contributed by atoms with Crippen molar-refractivity contribution in [1.29, 1.82) is 0 Å². The molecule has 0 fully saturated rings. The lowest BCUT2D eigenvalue weighted by molar-refractivity contribution is -0.384. The summed E-state index contributed by atoms with van der Waals surface area (Å²) < 4.78 is 26.8. The fraction of sp³-hybridized carbons (Fsp3) is 0.143. The molecule has 0 spiro atoms. The van der Waals surface area contributed by atoms with Crippen LogP contribution in [-0.2, 0) is 10.0 Å². The summed E-state index contributed by atoms with van der Waals surface area (Å²) in [5, 5.41) is 13.8. The molecule has 128 valence electrons. The summed E-state index contributed by atoms with van der Waals surface area (Å²) in [6.45, 7) is 0.166. The Balaban J connectivity index is 2.00. The second-order valence-electron chi connectivity index (χ2n) is 4.65. The minimum atomic E-state index is -3.83. The molecule has 0 atom stereocenters. The molecule has 0 aliphatic rings. The van der Waals surface area contributed by atoms with Crippen LogP contribution >= 0.6 is 23.2 Å². The highest BCUT2D eigenvalue weighted by atomic mass is 35.5. The van der Waals surface area contributed by atoms with E-state index < -0.39 is 14.9 Å². The Morgan fingerprint density at radius 1 is 1.04 bits per heavy atom. The molecule has 0 saturated heterocycles. The van der Waals surface area contributed by atoms with Gasteiger partial charge in [-0.3, -0.25) is 10.1 Å². The molecule has 0 amide bonds. The molecule has 0 saturated carbocycles. The monoisotopic (exact) mass is 389 g/mol. The van der Waals surface area contributed by atoms with Crippen LogP contribution in [-0.4, -0.2) is 26.4 Å². The largest absolute Gasteiger partial charge is 0.378 e. The third-order valence-electron chi connectivity index (χ3n) is 3.04. The van der Waals surface area contributed by atoms with Gasteiger partial charge in [0.2, 0.25) is 10.0 Å². The first-order valence-electron chi connectivity index (χ1n) is 6.74. The van der Waals surface area contributed by atoms with Gasteiger partial charge in [-0.25, -0.2) is 13.1 Å². The minimum absolute atomic E-state index is 0.0111. The molecule has 24 heavy (non-hydrogen) atoms. The van der Waals surface area contributed by atoms with Crippen molar-refractivity contribution in [3.05, 3.63) is 62.6 Å². The normalized spacial score (nSPS) is 11.2. The van der Waals surface area contributed by atoms with Crippen molar-refractivity contribution in [3.63, 3.8) is 0 Å². The van der Waals surface area contributed by atoms with Gasteiger partial charge in [-0.15, -0.1) is 0 Å². The van der Waals surface area contributed by atoms with Gasteiger partial charge in [0.05, 0.1) is 15.0 Å². The Hall–Kier alpha value is -1.87. The van der Waals surface area contributed by atoms with E-state index in [1.807, 2.05) is 0 Å². The molecule has 0 radical (unpaired) electrons. The summed E-state index contributed by atoms with van der Waals surface area (Å²) in [5.74, 6) is 0. The van der Waals surface area contributed by atoms with E-state index in [-0.39, 0.29) is 33.7 Å². The van der Waals surface area contributed by atoms with Crippen molar-refractivity contribution >= 4 is 44.6 Å². The van der Waals surface area contributed by atoms with Gasteiger partial charge < -0.3 is 5.32 Å². The molecular formula is C14H13Cl2N3O4S. The van der Waals surface area contributed by atoms with Crippen molar-refractivity contribution in [2.24, 2.45) is 0 Å². The second-order valence-corrected chi connectivity index (χ2v) is 7.17. The zero-order valence-electron chi connectivity index (χ0n) is 12.2. The van der Waals surface area contributed by atoms with Crippen molar-refractivity contribution in [3.8, 4) is 0 Å². The molecule has 2 N–H and O–H groups in total. The van der Waals surface area contributed by atoms with Gasteiger partial charge in [0, 0.05) is 19.2 Å². The van der Waals surface area contributed by atoms with Crippen LogP contribution in [0.15, 0.2) is 47.4 Å². The predicted octanol–water partition coefficient (Wildman–Crippen LogP) is 3.29. The predicted molar refractivity (Wildman–Crippen MR) is 93.2 cm³/mol. The molecule has 7 nitrogen and oxygen atoms in total. The highest BCUT2D eigenvalue weighted by Crippen LogP contribution is 2.28. The molecule has 0 heterocycles. The first-order chi connectivity index (χ1) is 11.3. The SMILES string of the molecule is O=[N+]([O-])c1ccccc1NCCNS(=O)(=O)c1cccc(Cl)c1Cl. The van der Waals surface area contributed by atoms with E-state index in [2.05, 4.69) is 10.0 Å². The first-order valence-corrected chi connectivity index (χ1v) is 8.98. The quantitative estimate of drug-likeness (QED) is 0.429. The van der Waals surface area contributed by atoms with Gasteiger partial charge >= 0.3 is 0 Å². The molecule has 10 heteroatoms. The Labute approximate surface area is 148 Å². The van der Waals surface area contributed by atoms with Gasteiger partial charge in [0.15, 0.2) is 0 Å². The highest BCUT2D eigenvalue weighted by molar-refractivity contribution is 7.89. The number of hydrogen-bond donors (Lipinski definition) is 2. The summed E-state index contributed by atoms with van der Waals surface area (Å²) >= 11 is 11.7. The summed E-state index contributed by atoms with van der Waals surface area (Å²) in [4.78, 5) is 10.3.